The van der Waals surface area contributed by atoms with Crippen LogP contribution in [0.1, 0.15) is 16.8 Å². The first kappa shape index (κ1) is 20.8. The van der Waals surface area contributed by atoms with Gasteiger partial charge in [-0.2, -0.15) is 13.2 Å². The van der Waals surface area contributed by atoms with E-state index in [1.165, 1.54) is 18.4 Å². The number of carbonyl (C=O) groups is 1. The number of aromatic nitrogens is 1. The van der Waals surface area contributed by atoms with Crippen LogP contribution in [0.5, 0.6) is 0 Å². The molecule has 3 rings (SSSR count). The van der Waals surface area contributed by atoms with Crippen LogP contribution in [-0.4, -0.2) is 20.9 Å². The summed E-state index contributed by atoms with van der Waals surface area (Å²) in [6.07, 6.45) is -3.13. The molecule has 0 spiro atoms. The van der Waals surface area contributed by atoms with E-state index in [9.17, 15) is 22.2 Å². The van der Waals surface area contributed by atoms with Crippen LogP contribution < -0.4 is 5.32 Å². The van der Waals surface area contributed by atoms with Gasteiger partial charge in [-0.25, -0.2) is 4.98 Å². The molecule has 29 heavy (non-hydrogen) atoms. The third kappa shape index (κ3) is 6.02. The maximum atomic E-state index is 12.6. The van der Waals surface area contributed by atoms with Crippen molar-refractivity contribution in [2.45, 2.75) is 18.5 Å². The van der Waals surface area contributed by atoms with E-state index in [-0.39, 0.29) is 23.3 Å². The van der Waals surface area contributed by atoms with Crippen LogP contribution in [0.15, 0.2) is 65.3 Å². The summed E-state index contributed by atoms with van der Waals surface area (Å²) in [6.45, 7) is 0.346. The number of carbonyl (C=O) groups excluding carboxylic acids is 1. The van der Waals surface area contributed by atoms with E-state index >= 15 is 0 Å². The van der Waals surface area contributed by atoms with Crippen LogP contribution >= 0.6 is 0 Å². The molecular formula is C20H17F3N2O3S. The van der Waals surface area contributed by atoms with Crippen molar-refractivity contribution in [1.29, 1.82) is 0 Å². The Morgan fingerprint density at radius 3 is 2.41 bits per heavy atom. The highest BCUT2D eigenvalue weighted by Gasteiger charge is 2.30. The van der Waals surface area contributed by atoms with Crippen molar-refractivity contribution in [3.63, 3.8) is 0 Å². The first-order valence-corrected chi connectivity index (χ1v) is 10.1. The van der Waals surface area contributed by atoms with E-state index in [4.69, 9.17) is 4.42 Å². The Hall–Kier alpha value is -2.94. The van der Waals surface area contributed by atoms with Gasteiger partial charge in [0.2, 0.25) is 11.8 Å². The van der Waals surface area contributed by atoms with Crippen LogP contribution in [0.3, 0.4) is 0 Å². The fourth-order valence-corrected chi connectivity index (χ4v) is 3.48. The molecule has 1 aromatic heterocycles. The van der Waals surface area contributed by atoms with Gasteiger partial charge < -0.3 is 9.73 Å². The molecule has 0 saturated heterocycles. The predicted octanol–water partition coefficient (Wildman–Crippen LogP) is 3.93. The molecule has 0 saturated carbocycles. The Labute approximate surface area is 167 Å². The maximum absolute atomic E-state index is 12.6. The van der Waals surface area contributed by atoms with E-state index in [1.807, 2.05) is 30.3 Å². The molecule has 152 valence electrons. The molecule has 2 aromatic carbocycles. The van der Waals surface area contributed by atoms with Crippen molar-refractivity contribution in [3.05, 3.63) is 77.7 Å². The summed E-state index contributed by atoms with van der Waals surface area (Å²) in [5.74, 6) is -0.407. The number of nitrogens with one attached hydrogen (secondary N) is 1. The van der Waals surface area contributed by atoms with E-state index in [1.54, 1.807) is 0 Å². The van der Waals surface area contributed by atoms with E-state index in [0.717, 1.165) is 17.7 Å². The van der Waals surface area contributed by atoms with Crippen LogP contribution in [0.4, 0.5) is 13.2 Å². The molecule has 1 heterocycles. The van der Waals surface area contributed by atoms with Gasteiger partial charge in [-0.1, -0.05) is 30.3 Å². The average molecular weight is 422 g/mol. The molecule has 0 radical (unpaired) electrons. The number of hydrogen-bond donors (Lipinski definition) is 1. The number of rotatable bonds is 7. The van der Waals surface area contributed by atoms with Crippen LogP contribution in [0, 0.1) is 0 Å². The molecule has 0 aliphatic carbocycles. The summed E-state index contributed by atoms with van der Waals surface area (Å²) in [4.78, 5) is 16.1. The second-order valence-electron chi connectivity index (χ2n) is 6.21. The summed E-state index contributed by atoms with van der Waals surface area (Å²) in [6, 6.07) is 13.7. The SMILES string of the molecule is O=C(CS(=O)Cc1coc(-c2ccc(C(F)(F)F)cc2)n1)NCc1ccccc1. The van der Waals surface area contributed by atoms with E-state index in [2.05, 4.69) is 10.3 Å². The van der Waals surface area contributed by atoms with Crippen molar-refractivity contribution >= 4 is 16.7 Å². The van der Waals surface area contributed by atoms with Crippen LogP contribution in [-0.2, 0) is 34.1 Å². The zero-order chi connectivity index (χ0) is 20.9. The Balaban J connectivity index is 1.52. The van der Waals surface area contributed by atoms with Crippen molar-refractivity contribution in [2.75, 3.05) is 5.75 Å². The van der Waals surface area contributed by atoms with Gasteiger partial charge in [-0.15, -0.1) is 0 Å². The quantitative estimate of drug-likeness (QED) is 0.626. The fourth-order valence-electron chi connectivity index (χ4n) is 2.52. The number of amides is 1. The molecule has 0 fully saturated rings. The lowest BCUT2D eigenvalue weighted by Crippen LogP contribution is -2.28. The summed E-state index contributed by atoms with van der Waals surface area (Å²) in [7, 11) is -1.50. The topological polar surface area (TPSA) is 72.2 Å². The number of halogens is 3. The molecule has 9 heteroatoms. The maximum Gasteiger partial charge on any atom is 0.416 e. The molecule has 0 bridgehead atoms. The van der Waals surface area contributed by atoms with Crippen LogP contribution in [0.25, 0.3) is 11.5 Å². The smallest absolute Gasteiger partial charge is 0.416 e. The first-order valence-electron chi connectivity index (χ1n) is 8.59. The van der Waals surface area contributed by atoms with Gasteiger partial charge in [0.25, 0.3) is 0 Å². The second-order valence-corrected chi connectivity index (χ2v) is 7.67. The Morgan fingerprint density at radius 1 is 1.07 bits per heavy atom. The third-order valence-electron chi connectivity index (χ3n) is 3.94. The Kier molecular flexibility index (Phi) is 6.48. The van der Waals surface area contributed by atoms with Gasteiger partial charge in [0, 0.05) is 22.9 Å². The Morgan fingerprint density at radius 2 is 1.76 bits per heavy atom. The van der Waals surface area contributed by atoms with Crippen molar-refractivity contribution in [1.82, 2.24) is 10.3 Å². The molecular weight excluding hydrogens is 405 g/mol. The van der Waals surface area contributed by atoms with E-state index < -0.39 is 22.5 Å². The minimum Gasteiger partial charge on any atom is -0.444 e. The zero-order valence-electron chi connectivity index (χ0n) is 15.1. The minimum atomic E-state index is -4.42. The molecule has 1 amide bonds. The molecule has 1 unspecified atom stereocenters. The third-order valence-corrected chi connectivity index (χ3v) is 5.15. The van der Waals surface area contributed by atoms with Gasteiger partial charge in [0.15, 0.2) is 0 Å². The number of benzene rings is 2. The molecule has 1 N–H and O–H groups in total. The van der Waals surface area contributed by atoms with E-state index in [0.29, 0.717) is 17.8 Å². The summed E-state index contributed by atoms with van der Waals surface area (Å²) < 4.78 is 55.3. The molecule has 1 atom stereocenters. The Bertz CT molecular complexity index is 986. The van der Waals surface area contributed by atoms with Gasteiger partial charge >= 0.3 is 6.18 Å². The van der Waals surface area contributed by atoms with Crippen molar-refractivity contribution in [2.24, 2.45) is 0 Å². The molecule has 0 aliphatic heterocycles. The standard InChI is InChI=1S/C20H17F3N2O3S/c21-20(22,23)16-8-6-15(7-9-16)19-25-17(11-28-19)12-29(27)13-18(26)24-10-14-4-2-1-3-5-14/h1-9,11H,10,12-13H2,(H,24,26). The number of alkyl halides is 3. The summed E-state index contributed by atoms with van der Waals surface area (Å²) in [5.41, 5.74) is 0.893. The van der Waals surface area contributed by atoms with Gasteiger partial charge in [-0.05, 0) is 29.8 Å². The van der Waals surface area contributed by atoms with Gasteiger partial charge in [0.05, 0.1) is 17.0 Å². The summed E-state index contributed by atoms with van der Waals surface area (Å²) in [5, 5.41) is 2.70. The lowest BCUT2D eigenvalue weighted by Gasteiger charge is -2.06. The minimum absolute atomic E-state index is 0.00287. The number of hydrogen-bond acceptors (Lipinski definition) is 4. The first-order chi connectivity index (χ1) is 13.8. The monoisotopic (exact) mass is 422 g/mol. The van der Waals surface area contributed by atoms with Crippen molar-refractivity contribution in [3.8, 4) is 11.5 Å². The molecule has 0 aliphatic rings. The lowest BCUT2D eigenvalue weighted by molar-refractivity contribution is -0.137. The average Bonchev–Trinajstić information content (AvgIpc) is 3.15. The largest absolute Gasteiger partial charge is 0.444 e. The highest BCUT2D eigenvalue weighted by atomic mass is 32.2. The molecule has 3 aromatic rings. The van der Waals surface area contributed by atoms with Crippen molar-refractivity contribution < 1.29 is 26.6 Å². The second kappa shape index (κ2) is 9.04. The van der Waals surface area contributed by atoms with Gasteiger partial charge in [0.1, 0.15) is 12.0 Å². The normalized spacial score (nSPS) is 12.5. The fraction of sp³-hybridized carbons (Fsp3) is 0.200. The zero-order valence-corrected chi connectivity index (χ0v) is 15.9. The number of nitrogens with zero attached hydrogens (tertiary/aromatic N) is 1. The summed E-state index contributed by atoms with van der Waals surface area (Å²) >= 11 is 0. The van der Waals surface area contributed by atoms with Crippen LogP contribution in [0.2, 0.25) is 0 Å². The number of oxazole rings is 1. The van der Waals surface area contributed by atoms with Gasteiger partial charge in [-0.3, -0.25) is 9.00 Å². The predicted molar refractivity (Wildman–Crippen MR) is 102 cm³/mol. The molecule has 5 nitrogen and oxygen atoms in total. The lowest BCUT2D eigenvalue weighted by atomic mass is 10.1. The highest BCUT2D eigenvalue weighted by Crippen LogP contribution is 2.30. The highest BCUT2D eigenvalue weighted by molar-refractivity contribution is 7.84.